The van der Waals surface area contributed by atoms with Gasteiger partial charge in [-0.15, -0.1) is 0 Å². The maximum Gasteiger partial charge on any atom is 0.115 e. The fourth-order valence-electron chi connectivity index (χ4n) is 1.62. The van der Waals surface area contributed by atoms with Crippen molar-refractivity contribution in [1.29, 1.82) is 0 Å². The van der Waals surface area contributed by atoms with E-state index in [1.54, 1.807) is 12.4 Å². The van der Waals surface area contributed by atoms with Crippen LogP contribution in [-0.4, -0.2) is 17.0 Å². The number of nitrogens with one attached hydrogen (secondary N) is 1. The molecule has 0 saturated carbocycles. The Morgan fingerprint density at radius 3 is 2.69 bits per heavy atom. The average molecular weight is 234 g/mol. The Balaban J connectivity index is 2.48. The van der Waals surface area contributed by atoms with Crippen molar-refractivity contribution in [3.8, 4) is 11.1 Å². The Morgan fingerprint density at radius 1 is 1.25 bits per heavy atom. The summed E-state index contributed by atoms with van der Waals surface area (Å²) in [6.07, 6.45) is 5.13. The van der Waals surface area contributed by atoms with Crippen LogP contribution in [0.15, 0.2) is 36.9 Å². The van der Waals surface area contributed by atoms with Crippen LogP contribution in [0.1, 0.15) is 5.56 Å². The van der Waals surface area contributed by atoms with Gasteiger partial charge in [0.2, 0.25) is 0 Å². The minimum atomic E-state index is 0.742. The Morgan fingerprint density at radius 2 is 2.00 bits per heavy atom. The lowest BCUT2D eigenvalue weighted by Gasteiger charge is -2.09. The highest BCUT2D eigenvalue weighted by Crippen LogP contribution is 2.25. The molecule has 0 aliphatic carbocycles. The van der Waals surface area contributed by atoms with Crippen LogP contribution in [0.3, 0.4) is 0 Å². The third-order valence-electron chi connectivity index (χ3n) is 2.31. The Bertz CT molecular complexity index is 471. The number of rotatable bonds is 3. The summed E-state index contributed by atoms with van der Waals surface area (Å²) in [5.74, 6) is 0. The molecule has 2 aromatic rings. The Labute approximate surface area is 99.5 Å². The summed E-state index contributed by atoms with van der Waals surface area (Å²) in [7, 11) is 1.91. The fourth-order valence-corrected chi connectivity index (χ4v) is 1.81. The van der Waals surface area contributed by atoms with E-state index in [2.05, 4.69) is 15.3 Å². The van der Waals surface area contributed by atoms with Crippen molar-refractivity contribution in [3.63, 3.8) is 0 Å². The highest BCUT2D eigenvalue weighted by molar-refractivity contribution is 6.30. The monoisotopic (exact) mass is 233 g/mol. The molecule has 3 nitrogen and oxygen atoms in total. The summed E-state index contributed by atoms with van der Waals surface area (Å²) >= 11 is 5.98. The molecule has 1 aromatic carbocycles. The number of aromatic nitrogens is 2. The van der Waals surface area contributed by atoms with Crippen LogP contribution in [0.25, 0.3) is 11.1 Å². The van der Waals surface area contributed by atoms with Crippen molar-refractivity contribution in [1.82, 2.24) is 15.3 Å². The first kappa shape index (κ1) is 11.0. The summed E-state index contributed by atoms with van der Waals surface area (Å²) in [6.45, 7) is 0.769. The quantitative estimate of drug-likeness (QED) is 0.885. The van der Waals surface area contributed by atoms with Gasteiger partial charge in [-0.2, -0.15) is 0 Å². The topological polar surface area (TPSA) is 37.8 Å². The minimum absolute atomic E-state index is 0.742. The van der Waals surface area contributed by atoms with Crippen molar-refractivity contribution in [2.45, 2.75) is 6.54 Å². The van der Waals surface area contributed by atoms with Gasteiger partial charge in [0, 0.05) is 29.5 Å². The van der Waals surface area contributed by atoms with Gasteiger partial charge in [0.15, 0.2) is 0 Å². The molecule has 0 fully saturated rings. The third-order valence-corrected chi connectivity index (χ3v) is 2.54. The highest BCUT2D eigenvalue weighted by atomic mass is 35.5. The first-order chi connectivity index (χ1) is 7.81. The second-order valence-electron chi connectivity index (χ2n) is 3.46. The van der Waals surface area contributed by atoms with Crippen LogP contribution in [-0.2, 0) is 6.54 Å². The molecule has 1 aromatic heterocycles. The van der Waals surface area contributed by atoms with Gasteiger partial charge in [0.05, 0.1) is 0 Å². The van der Waals surface area contributed by atoms with Crippen LogP contribution in [0, 0.1) is 0 Å². The molecule has 0 atom stereocenters. The zero-order valence-electron chi connectivity index (χ0n) is 8.94. The number of hydrogen-bond acceptors (Lipinski definition) is 3. The van der Waals surface area contributed by atoms with Gasteiger partial charge in [-0.25, -0.2) is 9.97 Å². The molecule has 1 heterocycles. The Hall–Kier alpha value is -1.45. The highest BCUT2D eigenvalue weighted by Gasteiger charge is 2.05. The molecular weight excluding hydrogens is 222 g/mol. The van der Waals surface area contributed by atoms with Crippen molar-refractivity contribution in [2.75, 3.05) is 7.05 Å². The first-order valence-corrected chi connectivity index (χ1v) is 5.37. The van der Waals surface area contributed by atoms with Gasteiger partial charge in [-0.1, -0.05) is 17.7 Å². The third kappa shape index (κ3) is 2.38. The number of nitrogens with zero attached hydrogens (tertiary/aromatic N) is 2. The molecule has 0 bridgehead atoms. The lowest BCUT2D eigenvalue weighted by molar-refractivity contribution is 0.819. The molecule has 82 valence electrons. The van der Waals surface area contributed by atoms with E-state index in [0.29, 0.717) is 0 Å². The normalized spacial score (nSPS) is 10.4. The lowest BCUT2D eigenvalue weighted by Crippen LogP contribution is -2.06. The van der Waals surface area contributed by atoms with Gasteiger partial charge in [0.1, 0.15) is 6.33 Å². The van der Waals surface area contributed by atoms with E-state index in [4.69, 9.17) is 11.6 Å². The second-order valence-corrected chi connectivity index (χ2v) is 3.90. The molecule has 0 aliphatic rings. The average Bonchev–Trinajstić information content (AvgIpc) is 2.31. The molecule has 1 N–H and O–H groups in total. The zero-order chi connectivity index (χ0) is 11.4. The summed E-state index contributed by atoms with van der Waals surface area (Å²) in [4.78, 5) is 8.04. The smallest absolute Gasteiger partial charge is 0.115 e. The van der Waals surface area contributed by atoms with E-state index in [-0.39, 0.29) is 0 Å². The number of hydrogen-bond donors (Lipinski definition) is 1. The SMILES string of the molecule is CNCc1cc(Cl)ccc1-c1cncnc1. The minimum Gasteiger partial charge on any atom is -0.316 e. The maximum atomic E-state index is 5.98. The molecule has 0 radical (unpaired) electrons. The van der Waals surface area contributed by atoms with Gasteiger partial charge in [0.25, 0.3) is 0 Å². The fraction of sp³-hybridized carbons (Fsp3) is 0.167. The number of benzene rings is 1. The van der Waals surface area contributed by atoms with E-state index in [1.165, 1.54) is 6.33 Å². The van der Waals surface area contributed by atoms with Gasteiger partial charge in [-0.05, 0) is 30.3 Å². The molecule has 0 unspecified atom stereocenters. The summed E-state index contributed by atoms with van der Waals surface area (Å²) in [6, 6.07) is 5.83. The first-order valence-electron chi connectivity index (χ1n) is 4.99. The van der Waals surface area contributed by atoms with Crippen LogP contribution in [0.5, 0.6) is 0 Å². The summed E-state index contributed by atoms with van der Waals surface area (Å²) < 4.78 is 0. The standard InChI is InChI=1S/C12H12ClN3/c1-14-5-9-4-11(13)2-3-12(9)10-6-15-8-16-7-10/h2-4,6-8,14H,5H2,1H3. The number of halogens is 1. The maximum absolute atomic E-state index is 5.98. The Kier molecular flexibility index (Phi) is 3.49. The van der Waals surface area contributed by atoms with Gasteiger partial charge in [-0.3, -0.25) is 0 Å². The van der Waals surface area contributed by atoms with Crippen LogP contribution in [0.4, 0.5) is 0 Å². The predicted octanol–water partition coefficient (Wildman–Crippen LogP) is 2.52. The van der Waals surface area contributed by atoms with Gasteiger partial charge >= 0.3 is 0 Å². The molecular formula is C12H12ClN3. The predicted molar refractivity (Wildman–Crippen MR) is 65.2 cm³/mol. The van der Waals surface area contributed by atoms with E-state index < -0.39 is 0 Å². The molecule has 0 spiro atoms. The van der Waals surface area contributed by atoms with E-state index in [1.807, 2.05) is 25.2 Å². The molecule has 0 amide bonds. The molecule has 0 saturated heterocycles. The van der Waals surface area contributed by atoms with E-state index >= 15 is 0 Å². The van der Waals surface area contributed by atoms with E-state index in [0.717, 1.165) is 28.3 Å². The molecule has 0 aliphatic heterocycles. The lowest BCUT2D eigenvalue weighted by atomic mass is 10.0. The van der Waals surface area contributed by atoms with Crippen molar-refractivity contribution in [2.24, 2.45) is 0 Å². The van der Waals surface area contributed by atoms with Crippen molar-refractivity contribution < 1.29 is 0 Å². The van der Waals surface area contributed by atoms with E-state index in [9.17, 15) is 0 Å². The van der Waals surface area contributed by atoms with Crippen molar-refractivity contribution in [3.05, 3.63) is 47.5 Å². The summed E-state index contributed by atoms with van der Waals surface area (Å²) in [5.41, 5.74) is 3.26. The van der Waals surface area contributed by atoms with Crippen LogP contribution >= 0.6 is 11.6 Å². The molecule has 2 rings (SSSR count). The van der Waals surface area contributed by atoms with Crippen molar-refractivity contribution >= 4 is 11.6 Å². The molecule has 16 heavy (non-hydrogen) atoms. The summed E-state index contributed by atoms with van der Waals surface area (Å²) in [5, 5.41) is 3.86. The van der Waals surface area contributed by atoms with Crippen LogP contribution < -0.4 is 5.32 Å². The molecule has 4 heteroatoms. The largest absolute Gasteiger partial charge is 0.316 e. The second kappa shape index (κ2) is 5.05. The van der Waals surface area contributed by atoms with Crippen LogP contribution in [0.2, 0.25) is 5.02 Å². The van der Waals surface area contributed by atoms with Gasteiger partial charge < -0.3 is 5.32 Å². The zero-order valence-corrected chi connectivity index (χ0v) is 9.70.